The van der Waals surface area contributed by atoms with Gasteiger partial charge in [0.15, 0.2) is 0 Å². The average molecular weight is 606 g/mol. The first-order valence-electron chi connectivity index (χ1n) is 14.5. The first-order valence-corrected chi connectivity index (χ1v) is 15.7. The second-order valence-electron chi connectivity index (χ2n) is 12.2. The minimum absolute atomic E-state index is 0.124. The highest BCUT2D eigenvalue weighted by atomic mass is 35.5. The number of aliphatic hydroxyl groups excluding tert-OH is 1. The van der Waals surface area contributed by atoms with Crippen molar-refractivity contribution in [3.05, 3.63) is 83.9 Å². The van der Waals surface area contributed by atoms with Crippen LogP contribution in [0.25, 0.3) is 0 Å². The van der Waals surface area contributed by atoms with Crippen LogP contribution in [0.1, 0.15) is 27.2 Å². The Labute approximate surface area is 256 Å². The van der Waals surface area contributed by atoms with E-state index >= 15 is 0 Å². The molecule has 6 atom stereocenters. The number of likely N-dealkylation sites (tertiary alicyclic amines) is 1. The van der Waals surface area contributed by atoms with E-state index in [9.17, 15) is 19.5 Å². The normalized spacial score (nSPS) is 31.2. The highest BCUT2D eigenvalue weighted by Crippen LogP contribution is 2.66. The van der Waals surface area contributed by atoms with E-state index in [-0.39, 0.29) is 30.2 Å². The Bertz CT molecular complexity index is 1450. The van der Waals surface area contributed by atoms with Crippen LogP contribution in [0.5, 0.6) is 0 Å². The summed E-state index contributed by atoms with van der Waals surface area (Å²) in [6, 6.07) is 15.2. The zero-order valence-corrected chi connectivity index (χ0v) is 25.6. The lowest BCUT2D eigenvalue weighted by molar-refractivity contribution is -0.142. The number of para-hydroxylation sites is 1. The molecule has 1 spiro atoms. The fraction of sp³-hybridized carbons (Fsp3) is 0.424. The Balaban J connectivity index is 1.50. The van der Waals surface area contributed by atoms with Crippen LogP contribution < -0.4 is 9.80 Å². The van der Waals surface area contributed by atoms with Crippen LogP contribution in [0.15, 0.2) is 78.9 Å². The van der Waals surface area contributed by atoms with Crippen LogP contribution in [0, 0.1) is 17.8 Å². The summed E-state index contributed by atoms with van der Waals surface area (Å²) in [5.41, 5.74) is 1.46. The largest absolute Gasteiger partial charge is 0.394 e. The molecule has 2 fully saturated rings. The van der Waals surface area contributed by atoms with Crippen molar-refractivity contribution in [3.63, 3.8) is 0 Å². The maximum atomic E-state index is 14.8. The van der Waals surface area contributed by atoms with Gasteiger partial charge in [-0.2, -0.15) is 0 Å². The van der Waals surface area contributed by atoms with Crippen LogP contribution in [-0.4, -0.2) is 69.0 Å². The van der Waals surface area contributed by atoms with E-state index < -0.39 is 33.4 Å². The average Bonchev–Trinajstić information content (AvgIpc) is 3.24. The number of fused-ring (bicyclic) bond motifs is 2. The lowest BCUT2D eigenvalue weighted by atomic mass is 9.74. The van der Waals surface area contributed by atoms with E-state index in [2.05, 4.69) is 6.08 Å². The summed E-state index contributed by atoms with van der Waals surface area (Å²) in [7, 11) is 0. The van der Waals surface area contributed by atoms with Gasteiger partial charge in [0, 0.05) is 34.2 Å². The highest BCUT2D eigenvalue weighted by molar-refractivity contribution is 8.02. The zero-order chi connectivity index (χ0) is 29.8. The summed E-state index contributed by atoms with van der Waals surface area (Å²) in [6.07, 6.45) is 8.57. The smallest absolute Gasteiger partial charge is 0.251 e. The van der Waals surface area contributed by atoms with E-state index in [0.29, 0.717) is 30.2 Å². The molecule has 2 aromatic carbocycles. The lowest BCUT2D eigenvalue weighted by Gasteiger charge is -2.40. The molecule has 1 N–H and O–H groups in total. The third-order valence-electron chi connectivity index (χ3n) is 9.05. The monoisotopic (exact) mass is 605 g/mol. The summed E-state index contributed by atoms with van der Waals surface area (Å²) in [6.45, 7) is 6.56. The predicted octanol–water partition coefficient (Wildman–Crippen LogP) is 4.94. The molecule has 0 bridgehead atoms. The Morgan fingerprint density at radius 1 is 0.881 bits per heavy atom. The fourth-order valence-electron chi connectivity index (χ4n) is 7.37. The number of amides is 3. The number of carbonyl (C=O) groups is 3. The number of thioether (sulfide) groups is 1. The summed E-state index contributed by atoms with van der Waals surface area (Å²) < 4.78 is -1.70. The molecule has 9 heteroatoms. The van der Waals surface area contributed by atoms with E-state index in [1.54, 1.807) is 50.7 Å². The zero-order valence-electron chi connectivity index (χ0n) is 24.0. The number of rotatable bonds is 6. The number of hydrogen-bond acceptors (Lipinski definition) is 5. The summed E-state index contributed by atoms with van der Waals surface area (Å²) in [4.78, 5) is 49.1. The van der Waals surface area contributed by atoms with Crippen LogP contribution in [0.4, 0.5) is 11.4 Å². The van der Waals surface area contributed by atoms with Gasteiger partial charge in [-0.15, -0.1) is 11.8 Å². The molecule has 7 nitrogen and oxygen atoms in total. The van der Waals surface area contributed by atoms with Crippen molar-refractivity contribution in [2.24, 2.45) is 17.8 Å². The van der Waals surface area contributed by atoms with Crippen molar-refractivity contribution in [2.75, 3.05) is 29.5 Å². The number of halogens is 1. The lowest BCUT2D eigenvalue weighted by Crippen LogP contribution is -2.57. The molecule has 42 heavy (non-hydrogen) atoms. The molecule has 6 rings (SSSR count). The molecule has 0 aromatic heterocycles. The molecule has 2 aromatic rings. The number of nitrogens with zero attached hydrogens (tertiary/aromatic N) is 3. The molecule has 3 amide bonds. The van der Waals surface area contributed by atoms with Gasteiger partial charge < -0.3 is 19.8 Å². The minimum atomic E-state index is -0.987. The van der Waals surface area contributed by atoms with Gasteiger partial charge in [-0.1, -0.05) is 68.0 Å². The Morgan fingerprint density at radius 3 is 2.14 bits per heavy atom. The van der Waals surface area contributed by atoms with E-state index in [0.717, 1.165) is 5.69 Å². The van der Waals surface area contributed by atoms with Crippen LogP contribution in [0.2, 0.25) is 5.02 Å². The van der Waals surface area contributed by atoms with E-state index in [1.807, 2.05) is 69.3 Å². The van der Waals surface area contributed by atoms with Gasteiger partial charge in [0.1, 0.15) is 6.04 Å². The molecule has 4 heterocycles. The summed E-state index contributed by atoms with van der Waals surface area (Å²) in [5, 5.41) is 11.2. The van der Waals surface area contributed by atoms with Crippen LogP contribution in [-0.2, 0) is 14.4 Å². The third kappa shape index (κ3) is 4.50. The first-order chi connectivity index (χ1) is 20.1. The summed E-state index contributed by atoms with van der Waals surface area (Å²) in [5.74, 6) is -1.87. The van der Waals surface area contributed by atoms with Gasteiger partial charge in [0.05, 0.1) is 29.2 Å². The SMILES string of the molecule is CC(C)C[C@H](CO)N1C(=O)[C@@H]2[C@H]3C(=O)N(c4ccccc4)CC=C[C@@]3(C)S[C@@]23C=CCN(c2ccc(Cl)cc2)C(=O)C13. The van der Waals surface area contributed by atoms with Gasteiger partial charge >= 0.3 is 0 Å². The number of anilines is 2. The molecule has 4 aliphatic heterocycles. The Hall–Kier alpha value is -3.07. The van der Waals surface area contributed by atoms with Crippen molar-refractivity contribution < 1.29 is 19.5 Å². The van der Waals surface area contributed by atoms with Crippen molar-refractivity contribution in [1.82, 2.24) is 4.90 Å². The molecule has 0 radical (unpaired) electrons. The molecule has 1 unspecified atom stereocenters. The second-order valence-corrected chi connectivity index (χ2v) is 14.5. The molecule has 2 saturated heterocycles. The van der Waals surface area contributed by atoms with Crippen molar-refractivity contribution >= 4 is 52.5 Å². The maximum Gasteiger partial charge on any atom is 0.251 e. The van der Waals surface area contributed by atoms with E-state index in [4.69, 9.17) is 11.6 Å². The van der Waals surface area contributed by atoms with Gasteiger partial charge in [-0.25, -0.2) is 0 Å². The van der Waals surface area contributed by atoms with Crippen molar-refractivity contribution in [1.29, 1.82) is 0 Å². The third-order valence-corrected chi connectivity index (χ3v) is 11.1. The van der Waals surface area contributed by atoms with Gasteiger partial charge in [-0.05, 0) is 55.7 Å². The van der Waals surface area contributed by atoms with Crippen LogP contribution >= 0.6 is 23.4 Å². The standard InChI is InChI=1S/C33H36ClN3O4S/c1-21(2)19-25(20-38)37-28-31(41)36(24-13-11-22(34)12-14-24)18-8-16-33(28)27(30(37)40)26-29(39)35(23-9-5-4-6-10-23)17-7-15-32(26,3)42-33/h4-16,21,25-28,38H,17-20H2,1-3H3/t25-,26+,27+,28?,32-,33+/m1/s1. The number of carbonyl (C=O) groups excluding carboxylic acids is 3. The van der Waals surface area contributed by atoms with E-state index in [1.165, 1.54) is 0 Å². The topological polar surface area (TPSA) is 81.2 Å². The predicted molar refractivity (Wildman–Crippen MR) is 168 cm³/mol. The van der Waals surface area contributed by atoms with Gasteiger partial charge in [-0.3, -0.25) is 14.4 Å². The molecule has 4 aliphatic rings. The molecule has 0 saturated carbocycles. The Morgan fingerprint density at radius 2 is 1.50 bits per heavy atom. The number of aliphatic hydroxyl groups is 1. The number of hydrogen-bond donors (Lipinski definition) is 1. The molecular weight excluding hydrogens is 570 g/mol. The molecule has 0 aliphatic carbocycles. The van der Waals surface area contributed by atoms with Crippen molar-refractivity contribution in [3.8, 4) is 0 Å². The molecule has 220 valence electrons. The fourth-order valence-corrected chi connectivity index (χ4v) is 9.64. The second kappa shape index (κ2) is 10.9. The Kier molecular flexibility index (Phi) is 7.52. The van der Waals surface area contributed by atoms with Crippen molar-refractivity contribution in [2.45, 2.75) is 48.8 Å². The van der Waals surface area contributed by atoms with Gasteiger partial charge in [0.2, 0.25) is 11.8 Å². The minimum Gasteiger partial charge on any atom is -0.394 e. The highest BCUT2D eigenvalue weighted by Gasteiger charge is 2.74. The summed E-state index contributed by atoms with van der Waals surface area (Å²) >= 11 is 7.71. The number of benzene rings is 2. The van der Waals surface area contributed by atoms with Gasteiger partial charge in [0.25, 0.3) is 5.91 Å². The quantitative estimate of drug-likeness (QED) is 0.472. The molecular formula is C33H36ClN3O4S. The van der Waals surface area contributed by atoms with Crippen LogP contribution in [0.3, 0.4) is 0 Å². The first kappa shape index (κ1) is 29.0. The maximum absolute atomic E-state index is 14.8.